The van der Waals surface area contributed by atoms with Gasteiger partial charge in [0, 0.05) is 12.1 Å². The average molecular weight is 298 g/mol. The Hall–Kier alpha value is -1.55. The molecule has 0 aliphatic heterocycles. The number of ether oxygens (including phenoxy) is 1. The third-order valence-corrected chi connectivity index (χ3v) is 3.08. The van der Waals surface area contributed by atoms with E-state index in [2.05, 4.69) is 19.2 Å². The number of rotatable bonds is 7. The van der Waals surface area contributed by atoms with Crippen LogP contribution >= 0.6 is 11.6 Å². The smallest absolute Gasteiger partial charge is 0.260 e. The maximum absolute atomic E-state index is 11.8. The van der Waals surface area contributed by atoms with Gasteiger partial charge in [0.25, 0.3) is 5.91 Å². The minimum atomic E-state index is -0.637. The molecule has 1 rings (SSSR count). The van der Waals surface area contributed by atoms with E-state index < -0.39 is 6.10 Å². The monoisotopic (exact) mass is 297 g/mol. The van der Waals surface area contributed by atoms with Crippen molar-refractivity contribution in [1.82, 2.24) is 5.32 Å². The Balaban J connectivity index is 2.54. The van der Waals surface area contributed by atoms with Crippen molar-refractivity contribution < 1.29 is 14.3 Å². The largest absolute Gasteiger partial charge is 0.479 e. The molecule has 110 valence electrons. The first-order valence-electron chi connectivity index (χ1n) is 6.63. The van der Waals surface area contributed by atoms with Crippen molar-refractivity contribution in [2.24, 2.45) is 5.92 Å². The van der Waals surface area contributed by atoms with E-state index in [1.54, 1.807) is 19.1 Å². The second-order valence-electron chi connectivity index (χ2n) is 5.04. The van der Waals surface area contributed by atoms with Gasteiger partial charge in [-0.15, -0.1) is 0 Å². The fraction of sp³-hybridized carbons (Fsp3) is 0.467. The molecule has 1 atom stereocenters. The molecule has 0 heterocycles. The maximum atomic E-state index is 11.8. The standard InChI is InChI=1S/C15H20ClNO3/c1-10(2)6-7-17-15(19)11(3)20-14-5-4-12(9-18)8-13(14)16/h4-5,8-11H,6-7H2,1-3H3,(H,17,19). The summed E-state index contributed by atoms with van der Waals surface area (Å²) in [6, 6.07) is 4.69. The van der Waals surface area contributed by atoms with Crippen LogP contribution in [0.2, 0.25) is 5.02 Å². The molecule has 0 fully saturated rings. The van der Waals surface area contributed by atoms with Crippen LogP contribution in [0.3, 0.4) is 0 Å². The van der Waals surface area contributed by atoms with Crippen molar-refractivity contribution in [2.45, 2.75) is 33.3 Å². The Bertz CT molecular complexity index is 474. The summed E-state index contributed by atoms with van der Waals surface area (Å²) in [6.45, 7) is 6.48. The van der Waals surface area contributed by atoms with Gasteiger partial charge in [0.05, 0.1) is 5.02 Å². The van der Waals surface area contributed by atoms with Crippen molar-refractivity contribution in [1.29, 1.82) is 0 Å². The normalized spacial score (nSPS) is 12.1. The highest BCUT2D eigenvalue weighted by atomic mass is 35.5. The molecule has 1 unspecified atom stereocenters. The Labute approximate surface area is 124 Å². The Kier molecular flexibility index (Phi) is 6.52. The number of amides is 1. The molecule has 0 bridgehead atoms. The van der Waals surface area contributed by atoms with E-state index in [-0.39, 0.29) is 5.91 Å². The van der Waals surface area contributed by atoms with Gasteiger partial charge in [-0.05, 0) is 37.5 Å². The summed E-state index contributed by atoms with van der Waals surface area (Å²) in [5, 5.41) is 3.13. The van der Waals surface area contributed by atoms with Gasteiger partial charge >= 0.3 is 0 Å². The summed E-state index contributed by atoms with van der Waals surface area (Å²) >= 11 is 5.99. The van der Waals surface area contributed by atoms with Gasteiger partial charge in [-0.1, -0.05) is 25.4 Å². The molecule has 0 spiro atoms. The van der Waals surface area contributed by atoms with Crippen molar-refractivity contribution >= 4 is 23.8 Å². The highest BCUT2D eigenvalue weighted by molar-refractivity contribution is 6.32. The lowest BCUT2D eigenvalue weighted by molar-refractivity contribution is -0.127. The lowest BCUT2D eigenvalue weighted by atomic mass is 10.1. The fourth-order valence-electron chi connectivity index (χ4n) is 1.56. The van der Waals surface area contributed by atoms with Crippen LogP contribution in [0.25, 0.3) is 0 Å². The molecule has 0 aromatic heterocycles. The zero-order valence-electron chi connectivity index (χ0n) is 12.0. The molecule has 1 aromatic carbocycles. The number of carbonyl (C=O) groups excluding carboxylic acids is 2. The first-order chi connectivity index (χ1) is 9.43. The molecule has 0 aliphatic carbocycles. The first kappa shape index (κ1) is 16.5. The van der Waals surface area contributed by atoms with Gasteiger partial charge in [0.15, 0.2) is 6.10 Å². The van der Waals surface area contributed by atoms with Crippen LogP contribution in [-0.4, -0.2) is 24.8 Å². The topological polar surface area (TPSA) is 55.4 Å². The molecule has 1 N–H and O–H groups in total. The van der Waals surface area contributed by atoms with E-state index in [4.69, 9.17) is 16.3 Å². The lowest BCUT2D eigenvalue weighted by Crippen LogP contribution is -2.37. The number of carbonyl (C=O) groups is 2. The highest BCUT2D eigenvalue weighted by Gasteiger charge is 2.15. The predicted octanol–water partition coefficient (Wildman–Crippen LogP) is 3.08. The molecule has 4 nitrogen and oxygen atoms in total. The van der Waals surface area contributed by atoms with Crippen molar-refractivity contribution in [3.63, 3.8) is 0 Å². The van der Waals surface area contributed by atoms with Crippen LogP contribution < -0.4 is 10.1 Å². The zero-order chi connectivity index (χ0) is 15.1. The van der Waals surface area contributed by atoms with Gasteiger partial charge in [-0.3, -0.25) is 9.59 Å². The van der Waals surface area contributed by atoms with Crippen LogP contribution in [-0.2, 0) is 4.79 Å². The molecule has 0 radical (unpaired) electrons. The Morgan fingerprint density at radius 3 is 2.65 bits per heavy atom. The molecule has 1 aromatic rings. The summed E-state index contributed by atoms with van der Waals surface area (Å²) < 4.78 is 5.50. The number of aldehydes is 1. The van der Waals surface area contributed by atoms with Gasteiger partial charge in [-0.2, -0.15) is 0 Å². The number of hydrogen-bond donors (Lipinski definition) is 1. The number of nitrogens with one attached hydrogen (secondary N) is 1. The highest BCUT2D eigenvalue weighted by Crippen LogP contribution is 2.25. The zero-order valence-corrected chi connectivity index (χ0v) is 12.7. The van der Waals surface area contributed by atoms with Crippen molar-refractivity contribution in [2.75, 3.05) is 6.54 Å². The summed E-state index contributed by atoms with van der Waals surface area (Å²) in [5.74, 6) is 0.752. The van der Waals surface area contributed by atoms with Crippen LogP contribution in [0.5, 0.6) is 5.75 Å². The van der Waals surface area contributed by atoms with E-state index in [1.165, 1.54) is 6.07 Å². The average Bonchev–Trinajstić information content (AvgIpc) is 2.40. The number of benzene rings is 1. The summed E-state index contributed by atoms with van der Waals surface area (Å²) in [6.07, 6.45) is 0.993. The third kappa shape index (κ3) is 5.21. The van der Waals surface area contributed by atoms with Crippen LogP contribution in [0.1, 0.15) is 37.6 Å². The number of halogens is 1. The van der Waals surface area contributed by atoms with Crippen LogP contribution in [0.4, 0.5) is 0 Å². The lowest BCUT2D eigenvalue weighted by Gasteiger charge is -2.16. The SMILES string of the molecule is CC(C)CCNC(=O)C(C)Oc1ccc(C=O)cc1Cl. The predicted molar refractivity (Wildman–Crippen MR) is 79.4 cm³/mol. The van der Waals surface area contributed by atoms with E-state index in [0.717, 1.165) is 6.42 Å². The Morgan fingerprint density at radius 1 is 1.40 bits per heavy atom. The quantitative estimate of drug-likeness (QED) is 0.787. The fourth-order valence-corrected chi connectivity index (χ4v) is 1.79. The molecule has 1 amide bonds. The second-order valence-corrected chi connectivity index (χ2v) is 5.45. The molecular weight excluding hydrogens is 278 g/mol. The van der Waals surface area contributed by atoms with Crippen LogP contribution in [0, 0.1) is 5.92 Å². The third-order valence-electron chi connectivity index (χ3n) is 2.79. The molecule has 0 saturated heterocycles. The summed E-state index contributed by atoms with van der Waals surface area (Å²) in [5.41, 5.74) is 0.469. The van der Waals surface area contributed by atoms with Gasteiger partial charge in [0.1, 0.15) is 12.0 Å². The number of hydrogen-bond acceptors (Lipinski definition) is 3. The van der Waals surface area contributed by atoms with Gasteiger partial charge < -0.3 is 10.1 Å². The second kappa shape index (κ2) is 7.90. The maximum Gasteiger partial charge on any atom is 0.260 e. The molecule has 5 heteroatoms. The van der Waals surface area contributed by atoms with E-state index >= 15 is 0 Å². The van der Waals surface area contributed by atoms with Gasteiger partial charge in [-0.25, -0.2) is 0 Å². The van der Waals surface area contributed by atoms with E-state index in [0.29, 0.717) is 35.1 Å². The Morgan fingerprint density at radius 2 is 2.10 bits per heavy atom. The van der Waals surface area contributed by atoms with Gasteiger partial charge in [0.2, 0.25) is 0 Å². The van der Waals surface area contributed by atoms with E-state index in [1.807, 2.05) is 0 Å². The molecule has 0 saturated carbocycles. The van der Waals surface area contributed by atoms with Crippen molar-refractivity contribution in [3.05, 3.63) is 28.8 Å². The molecule has 0 aliphatic rings. The van der Waals surface area contributed by atoms with E-state index in [9.17, 15) is 9.59 Å². The summed E-state index contributed by atoms with van der Waals surface area (Å²) in [4.78, 5) is 22.4. The minimum absolute atomic E-state index is 0.179. The summed E-state index contributed by atoms with van der Waals surface area (Å²) in [7, 11) is 0. The minimum Gasteiger partial charge on any atom is -0.479 e. The van der Waals surface area contributed by atoms with Crippen LogP contribution in [0.15, 0.2) is 18.2 Å². The first-order valence-corrected chi connectivity index (χ1v) is 7.01. The van der Waals surface area contributed by atoms with Crippen molar-refractivity contribution in [3.8, 4) is 5.75 Å². The molecule has 20 heavy (non-hydrogen) atoms. The molecular formula is C15H20ClNO3.